The third-order valence-corrected chi connectivity index (χ3v) is 4.23. The standard InChI is InChI=1S/C19H18FN3OS/c1-11-6-8-15(9-7-11)22-18(24)16-12(2)21-19(25)23-17(16)13-4-3-5-14(20)10-13/h3-10,17H,1-2H3,(H,22,24)(H2,21,23,25)/t17-/m0/s1. The lowest BCUT2D eigenvalue weighted by Crippen LogP contribution is -2.45. The fraction of sp³-hybridized carbons (Fsp3) is 0.158. The number of rotatable bonds is 3. The van der Waals surface area contributed by atoms with Gasteiger partial charge in [0.05, 0.1) is 11.6 Å². The fourth-order valence-corrected chi connectivity index (χ4v) is 3.04. The van der Waals surface area contributed by atoms with Gasteiger partial charge in [0, 0.05) is 11.4 Å². The van der Waals surface area contributed by atoms with E-state index in [1.54, 1.807) is 19.1 Å². The molecule has 0 unspecified atom stereocenters. The van der Waals surface area contributed by atoms with E-state index in [2.05, 4.69) is 16.0 Å². The Morgan fingerprint density at radius 3 is 2.56 bits per heavy atom. The SMILES string of the molecule is CC1=C(C(=O)Nc2ccc(C)cc2)[C@H](c2cccc(F)c2)NC(=S)N1. The minimum Gasteiger partial charge on any atom is -0.351 e. The van der Waals surface area contributed by atoms with Gasteiger partial charge in [0.1, 0.15) is 5.82 Å². The number of hydrogen-bond acceptors (Lipinski definition) is 2. The molecule has 1 amide bonds. The number of carbonyl (C=O) groups is 1. The van der Waals surface area contributed by atoms with E-state index in [1.807, 2.05) is 31.2 Å². The molecule has 25 heavy (non-hydrogen) atoms. The lowest BCUT2D eigenvalue weighted by molar-refractivity contribution is -0.113. The van der Waals surface area contributed by atoms with Crippen LogP contribution in [0.1, 0.15) is 24.1 Å². The molecule has 1 atom stereocenters. The molecule has 0 fully saturated rings. The van der Waals surface area contributed by atoms with Crippen LogP contribution in [-0.4, -0.2) is 11.0 Å². The number of allylic oxidation sites excluding steroid dienone is 1. The minimum atomic E-state index is -0.519. The molecule has 2 aromatic rings. The average Bonchev–Trinajstić information content (AvgIpc) is 2.56. The van der Waals surface area contributed by atoms with Crippen molar-refractivity contribution in [2.24, 2.45) is 0 Å². The molecule has 2 aromatic carbocycles. The summed E-state index contributed by atoms with van der Waals surface area (Å²) in [6.07, 6.45) is 0. The maximum absolute atomic E-state index is 13.6. The predicted octanol–water partition coefficient (Wildman–Crippen LogP) is 3.57. The Bertz CT molecular complexity index is 861. The number of thiocarbonyl (C=S) groups is 1. The second-order valence-electron chi connectivity index (χ2n) is 5.95. The van der Waals surface area contributed by atoms with Gasteiger partial charge in [-0.2, -0.15) is 0 Å². The van der Waals surface area contributed by atoms with Crippen molar-refractivity contribution < 1.29 is 9.18 Å². The summed E-state index contributed by atoms with van der Waals surface area (Å²) >= 11 is 5.19. The predicted molar refractivity (Wildman–Crippen MR) is 101 cm³/mol. The quantitative estimate of drug-likeness (QED) is 0.737. The van der Waals surface area contributed by atoms with E-state index in [4.69, 9.17) is 12.2 Å². The molecular weight excluding hydrogens is 337 g/mol. The highest BCUT2D eigenvalue weighted by atomic mass is 32.1. The van der Waals surface area contributed by atoms with Crippen molar-refractivity contribution in [1.29, 1.82) is 0 Å². The molecule has 6 heteroatoms. The highest BCUT2D eigenvalue weighted by molar-refractivity contribution is 7.80. The van der Waals surface area contributed by atoms with Crippen molar-refractivity contribution in [3.05, 3.63) is 76.7 Å². The molecule has 0 spiro atoms. The van der Waals surface area contributed by atoms with Gasteiger partial charge in [0.15, 0.2) is 5.11 Å². The van der Waals surface area contributed by atoms with E-state index in [1.165, 1.54) is 12.1 Å². The van der Waals surface area contributed by atoms with Crippen LogP contribution in [0.15, 0.2) is 59.8 Å². The molecule has 4 nitrogen and oxygen atoms in total. The lowest BCUT2D eigenvalue weighted by atomic mass is 9.95. The average molecular weight is 355 g/mol. The number of aryl methyl sites for hydroxylation is 1. The molecule has 0 aliphatic carbocycles. The molecule has 3 N–H and O–H groups in total. The lowest BCUT2D eigenvalue weighted by Gasteiger charge is -2.30. The van der Waals surface area contributed by atoms with Crippen LogP contribution in [-0.2, 0) is 4.79 Å². The van der Waals surface area contributed by atoms with Crippen LogP contribution < -0.4 is 16.0 Å². The molecule has 1 heterocycles. The highest BCUT2D eigenvalue weighted by Gasteiger charge is 2.30. The molecule has 0 radical (unpaired) electrons. The van der Waals surface area contributed by atoms with Crippen molar-refractivity contribution >= 4 is 28.9 Å². The summed E-state index contributed by atoms with van der Waals surface area (Å²) in [7, 11) is 0. The number of amides is 1. The van der Waals surface area contributed by atoms with Crippen molar-refractivity contribution in [2.75, 3.05) is 5.32 Å². The Labute approximate surface area is 151 Å². The van der Waals surface area contributed by atoms with E-state index in [0.29, 0.717) is 27.6 Å². The Morgan fingerprint density at radius 1 is 1.16 bits per heavy atom. The van der Waals surface area contributed by atoms with Crippen molar-refractivity contribution in [2.45, 2.75) is 19.9 Å². The van der Waals surface area contributed by atoms with Crippen LogP contribution in [0.3, 0.4) is 0 Å². The van der Waals surface area contributed by atoms with Crippen molar-refractivity contribution in [3.8, 4) is 0 Å². The van der Waals surface area contributed by atoms with Gasteiger partial charge in [-0.25, -0.2) is 4.39 Å². The van der Waals surface area contributed by atoms with Crippen LogP contribution >= 0.6 is 12.2 Å². The number of anilines is 1. The van der Waals surface area contributed by atoms with Crippen LogP contribution in [0.2, 0.25) is 0 Å². The third kappa shape index (κ3) is 3.85. The zero-order valence-corrected chi connectivity index (χ0v) is 14.7. The Kier molecular flexibility index (Phi) is 4.81. The summed E-state index contributed by atoms with van der Waals surface area (Å²) in [5.41, 5.74) is 3.55. The van der Waals surface area contributed by atoms with Gasteiger partial charge in [0.2, 0.25) is 0 Å². The van der Waals surface area contributed by atoms with Crippen LogP contribution in [0.25, 0.3) is 0 Å². The maximum Gasteiger partial charge on any atom is 0.255 e. The van der Waals surface area contributed by atoms with E-state index in [0.717, 1.165) is 5.56 Å². The number of benzene rings is 2. The largest absolute Gasteiger partial charge is 0.351 e. The van der Waals surface area contributed by atoms with Gasteiger partial charge in [0.25, 0.3) is 5.91 Å². The first-order chi connectivity index (χ1) is 11.9. The Hall–Kier alpha value is -2.73. The number of carbonyl (C=O) groups excluding carboxylic acids is 1. The zero-order chi connectivity index (χ0) is 18.0. The van der Waals surface area contributed by atoms with E-state index < -0.39 is 6.04 Å². The molecule has 0 aromatic heterocycles. The summed E-state index contributed by atoms with van der Waals surface area (Å²) < 4.78 is 13.6. The van der Waals surface area contributed by atoms with Gasteiger partial charge >= 0.3 is 0 Å². The highest BCUT2D eigenvalue weighted by Crippen LogP contribution is 2.28. The topological polar surface area (TPSA) is 53.2 Å². The molecule has 1 aliphatic heterocycles. The van der Waals surface area contributed by atoms with Crippen molar-refractivity contribution in [1.82, 2.24) is 10.6 Å². The second-order valence-corrected chi connectivity index (χ2v) is 6.35. The first-order valence-corrected chi connectivity index (χ1v) is 8.26. The Balaban J connectivity index is 1.94. The van der Waals surface area contributed by atoms with Gasteiger partial charge < -0.3 is 16.0 Å². The monoisotopic (exact) mass is 355 g/mol. The van der Waals surface area contributed by atoms with Crippen molar-refractivity contribution in [3.63, 3.8) is 0 Å². The van der Waals surface area contributed by atoms with E-state index in [9.17, 15) is 9.18 Å². The first kappa shape index (κ1) is 17.1. The summed E-state index contributed by atoms with van der Waals surface area (Å²) in [5, 5.41) is 9.30. The van der Waals surface area contributed by atoms with Gasteiger partial charge in [-0.05, 0) is 55.9 Å². The molecule has 0 saturated carbocycles. The van der Waals surface area contributed by atoms with Crippen LogP contribution in [0.5, 0.6) is 0 Å². The first-order valence-electron chi connectivity index (χ1n) is 7.86. The van der Waals surface area contributed by atoms with E-state index in [-0.39, 0.29) is 11.7 Å². The van der Waals surface area contributed by atoms with Gasteiger partial charge in [-0.3, -0.25) is 4.79 Å². The molecule has 128 valence electrons. The van der Waals surface area contributed by atoms with E-state index >= 15 is 0 Å². The molecule has 1 aliphatic rings. The smallest absolute Gasteiger partial charge is 0.255 e. The summed E-state index contributed by atoms with van der Waals surface area (Å²) in [5.74, 6) is -0.627. The van der Waals surface area contributed by atoms with Crippen LogP contribution in [0.4, 0.5) is 10.1 Å². The third-order valence-electron chi connectivity index (χ3n) is 4.01. The second kappa shape index (κ2) is 7.03. The molecule has 3 rings (SSSR count). The number of hydrogen-bond donors (Lipinski definition) is 3. The van der Waals surface area contributed by atoms with Gasteiger partial charge in [-0.15, -0.1) is 0 Å². The fourth-order valence-electron chi connectivity index (χ4n) is 2.77. The normalized spacial score (nSPS) is 16.9. The van der Waals surface area contributed by atoms with Gasteiger partial charge in [-0.1, -0.05) is 29.8 Å². The minimum absolute atomic E-state index is 0.266. The zero-order valence-electron chi connectivity index (χ0n) is 13.9. The summed E-state index contributed by atoms with van der Waals surface area (Å²) in [4.78, 5) is 12.9. The molecule has 0 bridgehead atoms. The summed E-state index contributed by atoms with van der Waals surface area (Å²) in [6, 6.07) is 13.2. The molecule has 0 saturated heterocycles. The summed E-state index contributed by atoms with van der Waals surface area (Å²) in [6.45, 7) is 3.76. The number of nitrogens with one attached hydrogen (secondary N) is 3. The van der Waals surface area contributed by atoms with Crippen LogP contribution in [0, 0.1) is 12.7 Å². The number of halogens is 1. The molecular formula is C19H18FN3OS. The Morgan fingerprint density at radius 2 is 1.88 bits per heavy atom. The maximum atomic E-state index is 13.6.